The summed E-state index contributed by atoms with van der Waals surface area (Å²) in [6.45, 7) is 5.75. The minimum absolute atomic E-state index is 0.0518. The van der Waals surface area contributed by atoms with E-state index < -0.39 is 5.60 Å². The highest BCUT2D eigenvalue weighted by Crippen LogP contribution is 2.27. The van der Waals surface area contributed by atoms with Gasteiger partial charge in [-0.3, -0.25) is 9.59 Å². The van der Waals surface area contributed by atoms with Gasteiger partial charge >= 0.3 is 0 Å². The van der Waals surface area contributed by atoms with Crippen molar-refractivity contribution in [1.82, 2.24) is 5.32 Å². The second kappa shape index (κ2) is 6.08. The van der Waals surface area contributed by atoms with Crippen molar-refractivity contribution in [2.45, 2.75) is 39.2 Å². The number of aliphatic hydroxyl groups is 1. The fourth-order valence-corrected chi connectivity index (χ4v) is 2.36. The van der Waals surface area contributed by atoms with Crippen molar-refractivity contribution < 1.29 is 14.7 Å². The summed E-state index contributed by atoms with van der Waals surface area (Å²) in [6, 6.07) is 5.35. The lowest BCUT2D eigenvalue weighted by atomic mass is 9.92. The lowest BCUT2D eigenvalue weighted by Gasteiger charge is -2.28. The van der Waals surface area contributed by atoms with E-state index in [1.54, 1.807) is 24.9 Å². The largest absolute Gasteiger partial charge is 0.388 e. The SMILES string of the molecule is CC(C)C(C)(O)CNC(=O)c1ccc2c(c1)CCC(=O)N2C. The molecule has 1 atom stereocenters. The molecule has 0 saturated heterocycles. The molecule has 1 heterocycles. The highest BCUT2D eigenvalue weighted by atomic mass is 16.3. The van der Waals surface area contributed by atoms with Crippen LogP contribution in [0.25, 0.3) is 0 Å². The van der Waals surface area contributed by atoms with E-state index in [2.05, 4.69) is 5.32 Å². The van der Waals surface area contributed by atoms with Gasteiger partial charge in [0, 0.05) is 31.3 Å². The first kappa shape index (κ1) is 16.5. The molecule has 2 rings (SSSR count). The van der Waals surface area contributed by atoms with Gasteiger partial charge in [0.05, 0.1) is 5.60 Å². The molecule has 0 aliphatic carbocycles. The smallest absolute Gasteiger partial charge is 0.251 e. The van der Waals surface area contributed by atoms with Gasteiger partial charge in [-0.2, -0.15) is 0 Å². The third-order valence-electron chi connectivity index (χ3n) is 4.54. The monoisotopic (exact) mass is 304 g/mol. The van der Waals surface area contributed by atoms with Crippen LogP contribution < -0.4 is 10.2 Å². The molecule has 1 unspecified atom stereocenters. The molecule has 1 aliphatic heterocycles. The third-order valence-corrected chi connectivity index (χ3v) is 4.54. The van der Waals surface area contributed by atoms with Crippen molar-refractivity contribution in [3.8, 4) is 0 Å². The van der Waals surface area contributed by atoms with Gasteiger partial charge in [-0.05, 0) is 43.0 Å². The Morgan fingerprint density at radius 1 is 1.41 bits per heavy atom. The molecule has 5 nitrogen and oxygen atoms in total. The third kappa shape index (κ3) is 3.30. The van der Waals surface area contributed by atoms with Crippen molar-refractivity contribution in [2.24, 2.45) is 5.92 Å². The maximum atomic E-state index is 12.2. The fraction of sp³-hybridized carbons (Fsp3) is 0.529. The molecule has 22 heavy (non-hydrogen) atoms. The number of nitrogens with one attached hydrogen (secondary N) is 1. The van der Waals surface area contributed by atoms with Gasteiger partial charge in [-0.25, -0.2) is 0 Å². The zero-order valence-electron chi connectivity index (χ0n) is 13.6. The van der Waals surface area contributed by atoms with Crippen LogP contribution in [0.15, 0.2) is 18.2 Å². The number of hydrogen-bond donors (Lipinski definition) is 2. The quantitative estimate of drug-likeness (QED) is 0.890. The molecule has 0 aromatic heterocycles. The molecular weight excluding hydrogens is 280 g/mol. The van der Waals surface area contributed by atoms with E-state index >= 15 is 0 Å². The number of aryl methyl sites for hydroxylation is 1. The molecule has 0 saturated carbocycles. The van der Waals surface area contributed by atoms with E-state index in [1.165, 1.54) is 0 Å². The first-order valence-corrected chi connectivity index (χ1v) is 7.62. The van der Waals surface area contributed by atoms with Crippen LogP contribution in [0, 0.1) is 5.92 Å². The van der Waals surface area contributed by atoms with E-state index in [0.29, 0.717) is 18.4 Å². The molecule has 1 aromatic carbocycles. The van der Waals surface area contributed by atoms with Crippen molar-refractivity contribution >= 4 is 17.5 Å². The molecule has 1 aliphatic rings. The number of fused-ring (bicyclic) bond motifs is 1. The van der Waals surface area contributed by atoms with Gasteiger partial charge in [-0.1, -0.05) is 13.8 Å². The maximum absolute atomic E-state index is 12.2. The summed E-state index contributed by atoms with van der Waals surface area (Å²) in [5, 5.41) is 13.0. The number of carbonyl (C=O) groups is 2. The Morgan fingerprint density at radius 3 is 2.73 bits per heavy atom. The first-order valence-electron chi connectivity index (χ1n) is 7.62. The summed E-state index contributed by atoms with van der Waals surface area (Å²) in [5.41, 5.74) is 1.49. The van der Waals surface area contributed by atoms with Crippen LogP contribution >= 0.6 is 0 Å². The molecule has 0 spiro atoms. The summed E-state index contributed by atoms with van der Waals surface area (Å²) in [5.74, 6) is -0.0584. The van der Waals surface area contributed by atoms with Crippen molar-refractivity contribution in [1.29, 1.82) is 0 Å². The van der Waals surface area contributed by atoms with E-state index in [9.17, 15) is 14.7 Å². The molecule has 5 heteroatoms. The summed E-state index contributed by atoms with van der Waals surface area (Å²) in [4.78, 5) is 25.5. The van der Waals surface area contributed by atoms with Gasteiger partial charge < -0.3 is 15.3 Å². The number of rotatable bonds is 4. The van der Waals surface area contributed by atoms with Gasteiger partial charge in [-0.15, -0.1) is 0 Å². The first-order chi connectivity index (χ1) is 10.2. The summed E-state index contributed by atoms with van der Waals surface area (Å²) in [7, 11) is 1.75. The predicted molar refractivity (Wildman–Crippen MR) is 86.0 cm³/mol. The van der Waals surface area contributed by atoms with Crippen LogP contribution in [-0.2, 0) is 11.2 Å². The van der Waals surface area contributed by atoms with Crippen molar-refractivity contribution in [2.75, 3.05) is 18.5 Å². The second-order valence-corrected chi connectivity index (χ2v) is 6.49. The number of carbonyl (C=O) groups excluding carboxylic acids is 2. The molecule has 2 amide bonds. The van der Waals surface area contributed by atoms with E-state index in [1.807, 2.05) is 26.0 Å². The normalized spacial score (nSPS) is 17.2. The zero-order chi connectivity index (χ0) is 16.5. The van der Waals surface area contributed by atoms with Crippen LogP contribution in [0.1, 0.15) is 43.1 Å². The number of benzene rings is 1. The second-order valence-electron chi connectivity index (χ2n) is 6.49. The molecule has 0 bridgehead atoms. The highest BCUT2D eigenvalue weighted by Gasteiger charge is 2.26. The Hall–Kier alpha value is -1.88. The lowest BCUT2D eigenvalue weighted by Crippen LogP contribution is -2.44. The summed E-state index contributed by atoms with van der Waals surface area (Å²) in [6.07, 6.45) is 1.12. The number of nitrogens with zero attached hydrogens (tertiary/aromatic N) is 1. The minimum atomic E-state index is -0.934. The summed E-state index contributed by atoms with van der Waals surface area (Å²) >= 11 is 0. The Morgan fingerprint density at radius 2 is 2.09 bits per heavy atom. The molecule has 2 N–H and O–H groups in total. The van der Waals surface area contributed by atoms with Crippen LogP contribution in [0.4, 0.5) is 5.69 Å². The molecular formula is C17H24N2O3. The maximum Gasteiger partial charge on any atom is 0.251 e. The Bertz CT molecular complexity index is 594. The van der Waals surface area contributed by atoms with E-state index in [-0.39, 0.29) is 24.3 Å². The standard InChI is InChI=1S/C17H24N2O3/c1-11(2)17(3,22)10-18-16(21)13-5-7-14-12(9-13)6-8-15(20)19(14)4/h5,7,9,11,22H,6,8,10H2,1-4H3,(H,18,21). The van der Waals surface area contributed by atoms with Crippen LogP contribution in [0.5, 0.6) is 0 Å². The van der Waals surface area contributed by atoms with Crippen LogP contribution in [0.3, 0.4) is 0 Å². The lowest BCUT2D eigenvalue weighted by molar-refractivity contribution is -0.118. The Labute approximate surface area is 131 Å². The zero-order valence-corrected chi connectivity index (χ0v) is 13.6. The van der Waals surface area contributed by atoms with Crippen LogP contribution in [0.2, 0.25) is 0 Å². The van der Waals surface area contributed by atoms with E-state index in [0.717, 1.165) is 11.3 Å². The Balaban J connectivity index is 2.11. The molecule has 0 radical (unpaired) electrons. The minimum Gasteiger partial charge on any atom is -0.388 e. The molecule has 120 valence electrons. The van der Waals surface area contributed by atoms with Crippen molar-refractivity contribution in [3.05, 3.63) is 29.3 Å². The van der Waals surface area contributed by atoms with Crippen LogP contribution in [-0.4, -0.2) is 36.1 Å². The van der Waals surface area contributed by atoms with E-state index in [4.69, 9.17) is 0 Å². The average Bonchev–Trinajstić information content (AvgIpc) is 2.48. The average molecular weight is 304 g/mol. The number of hydrogen-bond acceptors (Lipinski definition) is 3. The Kier molecular flexibility index (Phi) is 4.56. The molecule has 0 fully saturated rings. The molecule has 1 aromatic rings. The fourth-order valence-electron chi connectivity index (χ4n) is 2.36. The number of anilines is 1. The number of amides is 2. The van der Waals surface area contributed by atoms with Gasteiger partial charge in [0.25, 0.3) is 5.91 Å². The predicted octanol–water partition coefficient (Wildman–Crippen LogP) is 1.73. The highest BCUT2D eigenvalue weighted by molar-refractivity contribution is 5.98. The van der Waals surface area contributed by atoms with Gasteiger partial charge in [0.2, 0.25) is 5.91 Å². The summed E-state index contributed by atoms with van der Waals surface area (Å²) < 4.78 is 0. The van der Waals surface area contributed by atoms with Gasteiger partial charge in [0.1, 0.15) is 0 Å². The van der Waals surface area contributed by atoms with Gasteiger partial charge in [0.15, 0.2) is 0 Å². The van der Waals surface area contributed by atoms with Crippen molar-refractivity contribution in [3.63, 3.8) is 0 Å². The topological polar surface area (TPSA) is 69.6 Å².